The highest BCUT2D eigenvalue weighted by atomic mass is 16.4. The van der Waals surface area contributed by atoms with E-state index in [0.717, 1.165) is 17.5 Å². The summed E-state index contributed by atoms with van der Waals surface area (Å²) in [5.74, 6) is -1.41. The first-order valence-electron chi connectivity index (χ1n) is 9.83. The van der Waals surface area contributed by atoms with Gasteiger partial charge in [-0.1, -0.05) is 24.3 Å². The summed E-state index contributed by atoms with van der Waals surface area (Å²) in [7, 11) is 3.04. The fraction of sp³-hybridized carbons (Fsp3) is 0.429. The van der Waals surface area contributed by atoms with Crippen molar-refractivity contribution in [3.05, 3.63) is 56.4 Å². The number of rotatable bonds is 6. The smallest absolute Gasteiger partial charge is 0.330 e. The Bertz CT molecular complexity index is 1080. The molecule has 1 aromatic heterocycles. The minimum absolute atomic E-state index is 0.123. The average molecular weight is 414 g/mol. The number of hydrogen-bond acceptors (Lipinski definition) is 5. The van der Waals surface area contributed by atoms with E-state index < -0.39 is 17.7 Å². The molecule has 9 nitrogen and oxygen atoms in total. The number of carbonyl (C=O) groups is 2. The van der Waals surface area contributed by atoms with Gasteiger partial charge in [0.15, 0.2) is 0 Å². The number of nitrogens with one attached hydrogen (secondary N) is 2. The predicted molar refractivity (Wildman–Crippen MR) is 111 cm³/mol. The van der Waals surface area contributed by atoms with Crippen LogP contribution in [0.3, 0.4) is 0 Å². The topological polar surface area (TPSA) is 122 Å². The molecule has 3 rings (SSSR count). The Hall–Kier alpha value is -3.20. The van der Waals surface area contributed by atoms with E-state index in [1.807, 2.05) is 0 Å². The molecule has 1 amide bonds. The van der Waals surface area contributed by atoms with Gasteiger partial charge in [0.05, 0.1) is 11.6 Å². The Balaban J connectivity index is 1.81. The second kappa shape index (κ2) is 8.66. The standard InChI is InChI=1S/C21H26N4O5/c1-12-17(19(27)25(3)21(30)24(12)2)14-8-6-13(7-9-14)11-16(20(28)29)23-18(26)15-5-4-10-22-15/h6-9,15-16,22H,4-5,10-11H2,1-3H3,(H,23,26)(H,28,29). The van der Waals surface area contributed by atoms with Crippen molar-refractivity contribution in [3.63, 3.8) is 0 Å². The molecule has 9 heteroatoms. The molecule has 1 aliphatic heterocycles. The third-order valence-electron chi connectivity index (χ3n) is 5.63. The molecule has 30 heavy (non-hydrogen) atoms. The van der Waals surface area contributed by atoms with E-state index in [-0.39, 0.29) is 23.9 Å². The van der Waals surface area contributed by atoms with Crippen LogP contribution in [0, 0.1) is 6.92 Å². The summed E-state index contributed by atoms with van der Waals surface area (Å²) in [6.45, 7) is 2.46. The lowest BCUT2D eigenvalue weighted by Gasteiger charge is -2.18. The largest absolute Gasteiger partial charge is 0.480 e. The number of carbonyl (C=O) groups excluding carboxylic acids is 1. The van der Waals surface area contributed by atoms with Crippen molar-refractivity contribution < 1.29 is 14.7 Å². The van der Waals surface area contributed by atoms with Gasteiger partial charge >= 0.3 is 11.7 Å². The second-order valence-electron chi connectivity index (χ2n) is 7.62. The predicted octanol–water partition coefficient (Wildman–Crippen LogP) is -0.0767. The molecule has 1 saturated heterocycles. The summed E-state index contributed by atoms with van der Waals surface area (Å²) < 4.78 is 2.47. The van der Waals surface area contributed by atoms with Crippen LogP contribution < -0.4 is 21.9 Å². The van der Waals surface area contributed by atoms with Gasteiger partial charge in [0.2, 0.25) is 5.91 Å². The van der Waals surface area contributed by atoms with Gasteiger partial charge in [0, 0.05) is 26.2 Å². The van der Waals surface area contributed by atoms with Crippen molar-refractivity contribution in [2.75, 3.05) is 6.54 Å². The molecule has 0 radical (unpaired) electrons. The fourth-order valence-corrected chi connectivity index (χ4v) is 3.70. The number of benzene rings is 1. The van der Waals surface area contributed by atoms with E-state index >= 15 is 0 Å². The molecule has 1 aromatic carbocycles. The lowest BCUT2D eigenvalue weighted by atomic mass is 10.00. The van der Waals surface area contributed by atoms with Crippen molar-refractivity contribution in [2.24, 2.45) is 14.1 Å². The van der Waals surface area contributed by atoms with Crippen LogP contribution >= 0.6 is 0 Å². The highest BCUT2D eigenvalue weighted by Gasteiger charge is 2.27. The zero-order chi connectivity index (χ0) is 22.0. The summed E-state index contributed by atoms with van der Waals surface area (Å²) in [6.07, 6.45) is 1.71. The van der Waals surface area contributed by atoms with Gasteiger partial charge in [0.25, 0.3) is 5.56 Å². The summed E-state index contributed by atoms with van der Waals surface area (Å²) >= 11 is 0. The summed E-state index contributed by atoms with van der Waals surface area (Å²) in [5.41, 5.74) is 1.54. The normalized spacial score (nSPS) is 17.0. The molecular weight excluding hydrogens is 388 g/mol. The summed E-state index contributed by atoms with van der Waals surface area (Å²) in [4.78, 5) is 48.5. The van der Waals surface area contributed by atoms with Crippen LogP contribution in [-0.2, 0) is 30.1 Å². The molecule has 2 unspecified atom stereocenters. The molecule has 1 aliphatic rings. The lowest BCUT2D eigenvalue weighted by molar-refractivity contribution is -0.142. The van der Waals surface area contributed by atoms with Crippen LogP contribution in [0.4, 0.5) is 0 Å². The van der Waals surface area contributed by atoms with E-state index in [4.69, 9.17) is 0 Å². The van der Waals surface area contributed by atoms with Crippen LogP contribution in [0.5, 0.6) is 0 Å². The summed E-state index contributed by atoms with van der Waals surface area (Å²) in [5, 5.41) is 15.2. The Morgan fingerprint density at radius 3 is 2.43 bits per heavy atom. The first-order valence-corrected chi connectivity index (χ1v) is 9.83. The Morgan fingerprint density at radius 1 is 1.20 bits per heavy atom. The zero-order valence-corrected chi connectivity index (χ0v) is 17.3. The highest BCUT2D eigenvalue weighted by molar-refractivity contribution is 5.87. The van der Waals surface area contributed by atoms with Gasteiger partial charge in [-0.15, -0.1) is 0 Å². The van der Waals surface area contributed by atoms with Crippen molar-refractivity contribution >= 4 is 11.9 Å². The monoisotopic (exact) mass is 414 g/mol. The maximum absolute atomic E-state index is 12.6. The fourth-order valence-electron chi connectivity index (χ4n) is 3.70. The molecule has 2 atom stereocenters. The van der Waals surface area contributed by atoms with Crippen LogP contribution in [0.15, 0.2) is 33.9 Å². The van der Waals surface area contributed by atoms with Crippen molar-refractivity contribution in [3.8, 4) is 11.1 Å². The minimum atomic E-state index is -1.10. The van der Waals surface area contributed by atoms with Gasteiger partial charge < -0.3 is 20.3 Å². The van der Waals surface area contributed by atoms with Crippen LogP contribution in [-0.4, -0.2) is 44.7 Å². The zero-order valence-electron chi connectivity index (χ0n) is 17.3. The van der Waals surface area contributed by atoms with Crippen LogP contribution in [0.1, 0.15) is 24.1 Å². The number of carboxylic acid groups (broad SMARTS) is 1. The number of hydrogen-bond donors (Lipinski definition) is 3. The third kappa shape index (κ3) is 4.20. The first-order chi connectivity index (χ1) is 14.2. The minimum Gasteiger partial charge on any atom is -0.480 e. The summed E-state index contributed by atoms with van der Waals surface area (Å²) in [6, 6.07) is 5.52. The lowest BCUT2D eigenvalue weighted by Crippen LogP contribution is -2.49. The average Bonchev–Trinajstić information content (AvgIpc) is 3.26. The van der Waals surface area contributed by atoms with Crippen LogP contribution in [0.25, 0.3) is 11.1 Å². The second-order valence-corrected chi connectivity index (χ2v) is 7.62. The maximum Gasteiger partial charge on any atom is 0.330 e. The van der Waals surface area contributed by atoms with E-state index in [2.05, 4.69) is 10.6 Å². The Morgan fingerprint density at radius 2 is 1.87 bits per heavy atom. The molecule has 2 aromatic rings. The number of carboxylic acids is 1. The highest BCUT2D eigenvalue weighted by Crippen LogP contribution is 2.19. The number of nitrogens with zero attached hydrogens (tertiary/aromatic N) is 2. The Labute approximate surface area is 173 Å². The van der Waals surface area contributed by atoms with Gasteiger partial charge in [-0.25, -0.2) is 9.59 Å². The van der Waals surface area contributed by atoms with Gasteiger partial charge in [-0.05, 0) is 37.4 Å². The number of aromatic nitrogens is 2. The molecule has 0 aliphatic carbocycles. The molecule has 0 saturated carbocycles. The van der Waals surface area contributed by atoms with Crippen molar-refractivity contribution in [1.29, 1.82) is 0 Å². The van der Waals surface area contributed by atoms with E-state index in [1.165, 1.54) is 11.6 Å². The molecule has 2 heterocycles. The first kappa shape index (κ1) is 21.5. The molecular formula is C21H26N4O5. The van der Waals surface area contributed by atoms with Crippen molar-refractivity contribution in [2.45, 2.75) is 38.3 Å². The molecule has 0 spiro atoms. The van der Waals surface area contributed by atoms with Crippen LogP contribution in [0.2, 0.25) is 0 Å². The van der Waals surface area contributed by atoms with E-state index in [0.29, 0.717) is 28.8 Å². The van der Waals surface area contributed by atoms with Gasteiger partial charge in [0.1, 0.15) is 6.04 Å². The quantitative estimate of drug-likeness (QED) is 0.608. The Kier molecular flexibility index (Phi) is 6.21. The molecule has 0 bridgehead atoms. The number of amides is 1. The van der Waals surface area contributed by atoms with E-state index in [1.54, 1.807) is 38.2 Å². The maximum atomic E-state index is 12.6. The van der Waals surface area contributed by atoms with Crippen molar-refractivity contribution in [1.82, 2.24) is 19.8 Å². The van der Waals surface area contributed by atoms with E-state index in [9.17, 15) is 24.3 Å². The molecule has 3 N–H and O–H groups in total. The van der Waals surface area contributed by atoms with Gasteiger partial charge in [-0.3, -0.25) is 14.2 Å². The van der Waals surface area contributed by atoms with Gasteiger partial charge in [-0.2, -0.15) is 0 Å². The molecule has 160 valence electrons. The third-order valence-corrected chi connectivity index (χ3v) is 5.63. The SMILES string of the molecule is Cc1c(-c2ccc(CC(NC(=O)C3CCCN3)C(=O)O)cc2)c(=O)n(C)c(=O)n1C. The molecule has 1 fully saturated rings. The number of aliphatic carboxylic acids is 1.